The highest BCUT2D eigenvalue weighted by Crippen LogP contribution is 2.25. The summed E-state index contributed by atoms with van der Waals surface area (Å²) in [7, 11) is 0. The Morgan fingerprint density at radius 2 is 1.89 bits per heavy atom. The van der Waals surface area contributed by atoms with Gasteiger partial charge >= 0.3 is 0 Å². The number of nitrogens with one attached hydrogen (secondary N) is 1. The average molecular weight is 266 g/mol. The Morgan fingerprint density at radius 3 is 2.56 bits per heavy atom. The molecule has 0 atom stereocenters. The molecule has 94 valence electrons. The lowest BCUT2D eigenvalue weighted by Gasteiger charge is -2.11. The van der Waals surface area contributed by atoms with E-state index in [1.165, 1.54) is 6.07 Å². The van der Waals surface area contributed by atoms with Crippen molar-refractivity contribution in [2.75, 3.05) is 5.32 Å². The summed E-state index contributed by atoms with van der Waals surface area (Å²) in [5.74, 6) is 0.748. The van der Waals surface area contributed by atoms with Gasteiger partial charge in [-0.2, -0.15) is 0 Å². The molecule has 0 aliphatic rings. The van der Waals surface area contributed by atoms with Crippen LogP contribution in [0.3, 0.4) is 0 Å². The van der Waals surface area contributed by atoms with Crippen molar-refractivity contribution in [3.8, 4) is 0 Å². The molecule has 0 bridgehead atoms. The van der Waals surface area contributed by atoms with Crippen LogP contribution in [0.15, 0.2) is 18.2 Å². The smallest absolute Gasteiger partial charge is 0.146 e. The van der Waals surface area contributed by atoms with Crippen molar-refractivity contribution in [1.82, 2.24) is 9.97 Å². The summed E-state index contributed by atoms with van der Waals surface area (Å²) in [5, 5.41) is 3.31. The average Bonchev–Trinajstić information content (AvgIpc) is 2.29. The maximum atomic E-state index is 13.7. The Hall–Kier alpha value is -1.68. The Bertz CT molecular complexity index is 599. The fraction of sp³-hybridized carbons (Fsp3) is 0.231. The first kappa shape index (κ1) is 12.8. The van der Waals surface area contributed by atoms with Crippen molar-refractivity contribution in [3.05, 3.63) is 46.1 Å². The van der Waals surface area contributed by atoms with E-state index >= 15 is 0 Å². The van der Waals surface area contributed by atoms with Gasteiger partial charge in [-0.15, -0.1) is 0 Å². The minimum Gasteiger partial charge on any atom is -0.337 e. The molecule has 0 saturated heterocycles. The van der Waals surface area contributed by atoms with Gasteiger partial charge in [-0.25, -0.2) is 14.4 Å². The van der Waals surface area contributed by atoms with Gasteiger partial charge in [0.25, 0.3) is 0 Å². The Labute approximate surface area is 110 Å². The van der Waals surface area contributed by atoms with Crippen molar-refractivity contribution >= 4 is 23.1 Å². The van der Waals surface area contributed by atoms with Gasteiger partial charge in [0, 0.05) is 5.56 Å². The minimum absolute atomic E-state index is 0.318. The Kier molecular flexibility index (Phi) is 3.48. The van der Waals surface area contributed by atoms with Gasteiger partial charge in [-0.05, 0) is 38.5 Å². The molecule has 0 fully saturated rings. The van der Waals surface area contributed by atoms with Crippen LogP contribution in [-0.4, -0.2) is 9.97 Å². The van der Waals surface area contributed by atoms with Crippen LogP contribution < -0.4 is 5.32 Å². The highest BCUT2D eigenvalue weighted by Gasteiger charge is 2.09. The molecule has 0 aliphatic heterocycles. The van der Waals surface area contributed by atoms with Crippen LogP contribution in [0, 0.1) is 26.6 Å². The third kappa shape index (κ3) is 2.59. The van der Waals surface area contributed by atoms with E-state index in [1.807, 2.05) is 13.0 Å². The second-order valence-electron chi connectivity index (χ2n) is 4.14. The highest BCUT2D eigenvalue weighted by molar-refractivity contribution is 6.30. The van der Waals surface area contributed by atoms with Gasteiger partial charge in [0.05, 0.1) is 5.69 Å². The first-order chi connectivity index (χ1) is 8.47. The standard InChI is InChI=1S/C13H13ClFN3/c1-7-4-5-11(10(15)6-7)18-13-8(2)12(14)16-9(3)17-13/h4-6H,1-3H3,(H,16,17,18). The molecule has 5 heteroatoms. The van der Waals surface area contributed by atoms with Crippen LogP contribution in [0.4, 0.5) is 15.9 Å². The van der Waals surface area contributed by atoms with Gasteiger partial charge < -0.3 is 5.32 Å². The van der Waals surface area contributed by atoms with E-state index in [1.54, 1.807) is 19.9 Å². The van der Waals surface area contributed by atoms with E-state index in [4.69, 9.17) is 11.6 Å². The van der Waals surface area contributed by atoms with Crippen LogP contribution in [-0.2, 0) is 0 Å². The summed E-state index contributed by atoms with van der Waals surface area (Å²) in [6.45, 7) is 5.36. The summed E-state index contributed by atoms with van der Waals surface area (Å²) in [6.07, 6.45) is 0. The summed E-state index contributed by atoms with van der Waals surface area (Å²) in [6, 6.07) is 4.97. The maximum Gasteiger partial charge on any atom is 0.146 e. The van der Waals surface area contributed by atoms with Crippen molar-refractivity contribution in [2.24, 2.45) is 0 Å². The van der Waals surface area contributed by atoms with Crippen LogP contribution in [0.1, 0.15) is 17.0 Å². The van der Waals surface area contributed by atoms with Crippen LogP contribution in [0.2, 0.25) is 5.15 Å². The highest BCUT2D eigenvalue weighted by atomic mass is 35.5. The Balaban J connectivity index is 2.40. The molecule has 2 rings (SSSR count). The number of benzene rings is 1. The van der Waals surface area contributed by atoms with Gasteiger partial charge in [0.2, 0.25) is 0 Å². The van der Waals surface area contributed by atoms with Crippen LogP contribution >= 0.6 is 11.6 Å². The molecule has 0 aliphatic carbocycles. The molecule has 1 N–H and O–H groups in total. The molecule has 0 spiro atoms. The zero-order chi connectivity index (χ0) is 13.3. The third-order valence-electron chi connectivity index (χ3n) is 2.58. The molecular formula is C13H13ClFN3. The number of nitrogens with zero attached hydrogens (tertiary/aromatic N) is 2. The third-order valence-corrected chi connectivity index (χ3v) is 2.94. The largest absolute Gasteiger partial charge is 0.337 e. The van der Waals surface area contributed by atoms with Crippen molar-refractivity contribution in [2.45, 2.75) is 20.8 Å². The quantitative estimate of drug-likeness (QED) is 0.836. The van der Waals surface area contributed by atoms with Gasteiger partial charge in [0.15, 0.2) is 0 Å². The van der Waals surface area contributed by atoms with Crippen LogP contribution in [0.5, 0.6) is 0 Å². The number of halogens is 2. The van der Waals surface area contributed by atoms with E-state index in [0.717, 1.165) is 5.56 Å². The summed E-state index contributed by atoms with van der Waals surface area (Å²) in [5.41, 5.74) is 1.94. The van der Waals surface area contributed by atoms with Gasteiger partial charge in [-0.3, -0.25) is 0 Å². The molecule has 0 radical (unpaired) electrons. The number of anilines is 2. The second-order valence-corrected chi connectivity index (χ2v) is 4.50. The number of aryl methyl sites for hydroxylation is 2. The number of rotatable bonds is 2. The second kappa shape index (κ2) is 4.90. The van der Waals surface area contributed by atoms with Crippen molar-refractivity contribution in [3.63, 3.8) is 0 Å². The number of aromatic nitrogens is 2. The molecule has 3 nitrogen and oxygen atoms in total. The van der Waals surface area contributed by atoms with E-state index in [-0.39, 0.29) is 5.82 Å². The summed E-state index contributed by atoms with van der Waals surface area (Å²) in [4.78, 5) is 8.25. The lowest BCUT2D eigenvalue weighted by molar-refractivity contribution is 0.630. The molecular weight excluding hydrogens is 253 g/mol. The van der Waals surface area contributed by atoms with E-state index in [9.17, 15) is 4.39 Å². The van der Waals surface area contributed by atoms with Gasteiger partial charge in [0.1, 0.15) is 22.6 Å². The fourth-order valence-corrected chi connectivity index (χ4v) is 1.78. The van der Waals surface area contributed by atoms with Crippen LogP contribution in [0.25, 0.3) is 0 Å². The zero-order valence-electron chi connectivity index (χ0n) is 10.4. The molecule has 0 unspecified atom stereocenters. The number of hydrogen-bond donors (Lipinski definition) is 1. The molecule has 1 aromatic carbocycles. The van der Waals surface area contributed by atoms with Crippen molar-refractivity contribution in [1.29, 1.82) is 0 Å². The predicted molar refractivity (Wildman–Crippen MR) is 70.9 cm³/mol. The molecule has 0 amide bonds. The molecule has 1 aromatic heterocycles. The molecule has 18 heavy (non-hydrogen) atoms. The van der Waals surface area contributed by atoms with E-state index in [2.05, 4.69) is 15.3 Å². The van der Waals surface area contributed by atoms with E-state index < -0.39 is 0 Å². The predicted octanol–water partition coefficient (Wildman–Crippen LogP) is 3.94. The van der Waals surface area contributed by atoms with Gasteiger partial charge in [-0.1, -0.05) is 17.7 Å². The van der Waals surface area contributed by atoms with Crippen molar-refractivity contribution < 1.29 is 4.39 Å². The number of hydrogen-bond acceptors (Lipinski definition) is 3. The topological polar surface area (TPSA) is 37.8 Å². The summed E-state index contributed by atoms with van der Waals surface area (Å²) >= 11 is 5.97. The summed E-state index contributed by atoms with van der Waals surface area (Å²) < 4.78 is 13.7. The Morgan fingerprint density at radius 1 is 1.17 bits per heavy atom. The molecule has 1 heterocycles. The fourth-order valence-electron chi connectivity index (χ4n) is 1.57. The maximum absolute atomic E-state index is 13.7. The normalized spacial score (nSPS) is 10.5. The van der Waals surface area contributed by atoms with E-state index in [0.29, 0.717) is 28.0 Å². The monoisotopic (exact) mass is 265 g/mol. The molecule has 2 aromatic rings. The zero-order valence-corrected chi connectivity index (χ0v) is 11.1. The first-order valence-corrected chi connectivity index (χ1v) is 5.89. The lowest BCUT2D eigenvalue weighted by Crippen LogP contribution is -2.02. The first-order valence-electron chi connectivity index (χ1n) is 5.51. The lowest BCUT2D eigenvalue weighted by atomic mass is 10.2. The molecule has 0 saturated carbocycles. The minimum atomic E-state index is -0.318. The SMILES string of the molecule is Cc1ccc(Nc2nc(C)nc(Cl)c2C)c(F)c1.